The molecule has 1 aromatic rings. The number of ether oxygens (including phenoxy) is 1. The van der Waals surface area contributed by atoms with Crippen LogP contribution in [0.1, 0.15) is 12.0 Å². The summed E-state index contributed by atoms with van der Waals surface area (Å²) in [5.41, 5.74) is -3.03. The molecular weight excluding hydrogens is 252 g/mol. The molecule has 6 heteroatoms. The van der Waals surface area contributed by atoms with Crippen LogP contribution >= 0.6 is 0 Å². The van der Waals surface area contributed by atoms with Crippen LogP contribution in [0.2, 0.25) is 0 Å². The summed E-state index contributed by atoms with van der Waals surface area (Å²) in [6.45, 7) is 0. The molecule has 96 valence electrons. The first-order chi connectivity index (χ1) is 8.35. The summed E-state index contributed by atoms with van der Waals surface area (Å²) in [7, 11) is 0. The Kier molecular flexibility index (Phi) is 2.88. The number of carbonyl (C=O) groups excluding carboxylic acids is 1. The molecule has 1 unspecified atom stereocenters. The molecule has 0 saturated carbocycles. The Labute approximate surface area is 99.9 Å². The Morgan fingerprint density at radius 1 is 1.17 bits per heavy atom. The maximum Gasteiger partial charge on any atom is 0.433 e. The van der Waals surface area contributed by atoms with Gasteiger partial charge in [0, 0.05) is 11.6 Å². The average Bonchev–Trinajstić information content (AvgIpc) is 2.28. The van der Waals surface area contributed by atoms with Crippen LogP contribution in [0.3, 0.4) is 0 Å². The minimum absolute atomic E-state index is 0.297. The van der Waals surface area contributed by atoms with Crippen LogP contribution < -0.4 is 0 Å². The smallest absolute Gasteiger partial charge is 0.433 e. The number of allylic oxidation sites excluding steroid dienone is 1. The van der Waals surface area contributed by atoms with Crippen LogP contribution in [0.5, 0.6) is 0 Å². The lowest BCUT2D eigenvalue weighted by Gasteiger charge is -2.36. The second-order valence-electron chi connectivity index (χ2n) is 3.90. The predicted molar refractivity (Wildman–Crippen MR) is 54.0 cm³/mol. The molecule has 0 spiro atoms. The van der Waals surface area contributed by atoms with Crippen LogP contribution in [-0.4, -0.2) is 12.0 Å². The fourth-order valence-corrected chi connectivity index (χ4v) is 1.79. The number of ketones is 1. The summed E-state index contributed by atoms with van der Waals surface area (Å²) in [5.74, 6) is -1.35. The molecule has 0 amide bonds. The Bertz CT molecular complexity index is 490. The van der Waals surface area contributed by atoms with E-state index in [1.165, 1.54) is 0 Å². The fourth-order valence-electron chi connectivity index (χ4n) is 1.79. The van der Waals surface area contributed by atoms with E-state index < -0.39 is 29.8 Å². The van der Waals surface area contributed by atoms with Crippen LogP contribution in [0.4, 0.5) is 17.6 Å². The lowest BCUT2D eigenvalue weighted by atomic mass is 9.86. The minimum Gasteiger partial charge on any atom is -0.480 e. The number of rotatable bonds is 1. The maximum atomic E-state index is 13.2. The lowest BCUT2D eigenvalue weighted by molar-refractivity contribution is -0.270. The Morgan fingerprint density at radius 2 is 1.78 bits per heavy atom. The summed E-state index contributed by atoms with van der Waals surface area (Å²) in [6.07, 6.45) is -3.96. The third kappa shape index (κ3) is 1.98. The maximum absolute atomic E-state index is 13.2. The van der Waals surface area contributed by atoms with E-state index in [1.54, 1.807) is 0 Å². The van der Waals surface area contributed by atoms with E-state index in [2.05, 4.69) is 4.74 Å². The lowest BCUT2D eigenvalue weighted by Crippen LogP contribution is -2.46. The van der Waals surface area contributed by atoms with E-state index in [1.807, 2.05) is 0 Å². The van der Waals surface area contributed by atoms with Gasteiger partial charge in [0.1, 0.15) is 5.82 Å². The van der Waals surface area contributed by atoms with Gasteiger partial charge in [-0.15, -0.1) is 0 Å². The molecule has 0 radical (unpaired) electrons. The predicted octanol–water partition coefficient (Wildman–Crippen LogP) is 3.09. The first-order valence-corrected chi connectivity index (χ1v) is 5.05. The van der Waals surface area contributed by atoms with Gasteiger partial charge in [-0.1, -0.05) is 12.1 Å². The highest BCUT2D eigenvalue weighted by atomic mass is 19.4. The van der Waals surface area contributed by atoms with Gasteiger partial charge in [-0.25, -0.2) is 4.39 Å². The summed E-state index contributed by atoms with van der Waals surface area (Å²) in [5, 5.41) is 0. The van der Waals surface area contributed by atoms with Crippen molar-refractivity contribution in [3.05, 3.63) is 48.0 Å². The Hall–Kier alpha value is -1.85. The van der Waals surface area contributed by atoms with Gasteiger partial charge in [0.2, 0.25) is 5.60 Å². The molecule has 0 fully saturated rings. The summed E-state index contributed by atoms with van der Waals surface area (Å²) >= 11 is 0. The monoisotopic (exact) mass is 260 g/mol. The Balaban J connectivity index is 2.53. The van der Waals surface area contributed by atoms with Crippen molar-refractivity contribution in [2.24, 2.45) is 0 Å². The highest BCUT2D eigenvalue weighted by Crippen LogP contribution is 2.46. The zero-order valence-corrected chi connectivity index (χ0v) is 9.00. The molecule has 0 aliphatic carbocycles. The summed E-state index contributed by atoms with van der Waals surface area (Å²) in [4.78, 5) is 11.2. The molecule has 0 bridgehead atoms. The number of hydrogen-bond acceptors (Lipinski definition) is 2. The van der Waals surface area contributed by atoms with Crippen molar-refractivity contribution in [3.8, 4) is 0 Å². The van der Waals surface area contributed by atoms with Gasteiger partial charge in [0.15, 0.2) is 5.78 Å². The van der Waals surface area contributed by atoms with E-state index in [4.69, 9.17) is 0 Å². The van der Waals surface area contributed by atoms with Gasteiger partial charge >= 0.3 is 6.18 Å². The van der Waals surface area contributed by atoms with Gasteiger partial charge in [-0.2, -0.15) is 13.2 Å². The van der Waals surface area contributed by atoms with Crippen molar-refractivity contribution < 1.29 is 27.1 Å². The molecule has 2 rings (SSSR count). The van der Waals surface area contributed by atoms with Gasteiger partial charge in [0.25, 0.3) is 0 Å². The standard InChI is InChI=1S/C12H8F4O2/c13-9-3-1-8(2-4-9)11(12(14,15)16)7-10(17)5-6-18-11/h1-6H,7H2. The molecule has 1 heterocycles. The van der Waals surface area contributed by atoms with E-state index >= 15 is 0 Å². The van der Waals surface area contributed by atoms with Gasteiger partial charge in [-0.3, -0.25) is 4.79 Å². The van der Waals surface area contributed by atoms with Crippen LogP contribution in [0.15, 0.2) is 36.6 Å². The number of alkyl halides is 3. The summed E-state index contributed by atoms with van der Waals surface area (Å²) < 4.78 is 56.9. The largest absolute Gasteiger partial charge is 0.480 e. The molecule has 1 atom stereocenters. The number of carbonyl (C=O) groups is 1. The number of hydrogen-bond donors (Lipinski definition) is 0. The van der Waals surface area contributed by atoms with Crippen LogP contribution in [-0.2, 0) is 15.1 Å². The van der Waals surface area contributed by atoms with Gasteiger partial charge in [0.05, 0.1) is 12.7 Å². The van der Waals surface area contributed by atoms with E-state index in [9.17, 15) is 22.4 Å². The molecular formula is C12H8F4O2. The molecule has 0 saturated heterocycles. The van der Waals surface area contributed by atoms with E-state index in [-0.39, 0.29) is 5.56 Å². The van der Waals surface area contributed by atoms with Gasteiger partial charge < -0.3 is 4.74 Å². The average molecular weight is 260 g/mol. The van der Waals surface area contributed by atoms with Crippen LogP contribution in [0.25, 0.3) is 0 Å². The quantitative estimate of drug-likeness (QED) is 0.725. The Morgan fingerprint density at radius 3 is 2.28 bits per heavy atom. The van der Waals surface area contributed by atoms with Crippen molar-refractivity contribution >= 4 is 5.78 Å². The SMILES string of the molecule is O=C1C=COC(c2ccc(F)cc2)(C(F)(F)F)C1. The molecule has 2 nitrogen and oxygen atoms in total. The van der Waals surface area contributed by atoms with Crippen LogP contribution in [0, 0.1) is 5.82 Å². The highest BCUT2D eigenvalue weighted by molar-refractivity contribution is 5.91. The zero-order valence-electron chi connectivity index (χ0n) is 9.00. The highest BCUT2D eigenvalue weighted by Gasteiger charge is 2.59. The normalized spacial score (nSPS) is 23.9. The van der Waals surface area contributed by atoms with Gasteiger partial charge in [-0.05, 0) is 12.1 Å². The number of halogens is 4. The first-order valence-electron chi connectivity index (χ1n) is 5.05. The summed E-state index contributed by atoms with van der Waals surface area (Å²) in [6, 6.07) is 3.73. The molecule has 0 aromatic heterocycles. The topological polar surface area (TPSA) is 26.3 Å². The third-order valence-electron chi connectivity index (χ3n) is 2.71. The van der Waals surface area contributed by atoms with Crippen molar-refractivity contribution in [1.29, 1.82) is 0 Å². The minimum atomic E-state index is -4.77. The van der Waals surface area contributed by atoms with E-state index in [0.717, 1.165) is 36.6 Å². The zero-order chi connectivity index (χ0) is 13.4. The van der Waals surface area contributed by atoms with Crippen molar-refractivity contribution in [2.75, 3.05) is 0 Å². The van der Waals surface area contributed by atoms with Crippen molar-refractivity contribution in [3.63, 3.8) is 0 Å². The third-order valence-corrected chi connectivity index (χ3v) is 2.71. The first kappa shape index (κ1) is 12.6. The molecule has 18 heavy (non-hydrogen) atoms. The van der Waals surface area contributed by atoms with E-state index in [0.29, 0.717) is 0 Å². The molecule has 1 aliphatic heterocycles. The van der Waals surface area contributed by atoms with Crippen molar-refractivity contribution in [1.82, 2.24) is 0 Å². The molecule has 1 aliphatic rings. The second kappa shape index (κ2) is 4.12. The fraction of sp³-hybridized carbons (Fsp3) is 0.250. The second-order valence-corrected chi connectivity index (χ2v) is 3.90. The number of benzene rings is 1. The molecule has 0 N–H and O–H groups in total. The van der Waals surface area contributed by atoms with Crippen molar-refractivity contribution in [2.45, 2.75) is 18.2 Å². The molecule has 1 aromatic carbocycles.